The van der Waals surface area contributed by atoms with Gasteiger partial charge in [0.25, 0.3) is 0 Å². The van der Waals surface area contributed by atoms with Crippen LogP contribution in [-0.4, -0.2) is 42.7 Å². The van der Waals surface area contributed by atoms with E-state index in [1.807, 2.05) is 61.7 Å². The zero-order valence-corrected chi connectivity index (χ0v) is 25.9. The lowest BCUT2D eigenvalue weighted by atomic mass is 10.0. The van der Waals surface area contributed by atoms with Crippen molar-refractivity contribution in [1.29, 1.82) is 0 Å². The van der Waals surface area contributed by atoms with Gasteiger partial charge in [-0.2, -0.15) is 4.57 Å². The zero-order valence-electron chi connectivity index (χ0n) is 23.8. The highest BCUT2D eigenvalue weighted by Gasteiger charge is 2.16. The second-order valence-electron chi connectivity index (χ2n) is 8.66. The van der Waals surface area contributed by atoms with Crippen LogP contribution < -0.4 is 57.0 Å². The number of fused-ring (bicyclic) bond motifs is 1. The van der Waals surface area contributed by atoms with Crippen molar-refractivity contribution < 1.29 is 57.0 Å². The SMILES string of the molecule is COc1cc(OC)c(/C=C/c2cc(/C=C/c3c(OC)cc(OC)cc3OC)[n+](C)c3ccccc23)c(OC)c1.[I-]. The van der Waals surface area contributed by atoms with Crippen LogP contribution in [0.3, 0.4) is 0 Å². The Labute approximate surface area is 252 Å². The topological polar surface area (TPSA) is 59.3 Å². The fourth-order valence-electron chi connectivity index (χ4n) is 4.52. The molecule has 0 amide bonds. The highest BCUT2D eigenvalue weighted by Crippen LogP contribution is 2.37. The zero-order chi connectivity index (χ0) is 27.9. The average molecular weight is 656 g/mol. The summed E-state index contributed by atoms with van der Waals surface area (Å²) < 4.78 is 35.5. The van der Waals surface area contributed by atoms with Crippen molar-refractivity contribution in [3.8, 4) is 34.5 Å². The smallest absolute Gasteiger partial charge is 0.213 e. The Morgan fingerprint density at radius 3 is 1.45 bits per heavy atom. The first-order valence-electron chi connectivity index (χ1n) is 12.4. The van der Waals surface area contributed by atoms with Crippen LogP contribution in [-0.2, 0) is 7.05 Å². The molecule has 0 N–H and O–H groups in total. The third-order valence-corrected chi connectivity index (χ3v) is 6.62. The maximum Gasteiger partial charge on any atom is 0.213 e. The Hall–Kier alpha value is -3.92. The number of nitrogens with zero attached hydrogens (tertiary/aromatic N) is 1. The summed E-state index contributed by atoms with van der Waals surface area (Å²) in [6, 6.07) is 17.8. The lowest BCUT2D eigenvalue weighted by Crippen LogP contribution is -3.00. The molecular weight excluding hydrogens is 621 g/mol. The number of methoxy groups -OCH3 is 6. The molecule has 40 heavy (non-hydrogen) atoms. The third-order valence-electron chi connectivity index (χ3n) is 6.62. The van der Waals surface area contributed by atoms with Crippen LogP contribution in [0.2, 0.25) is 0 Å². The molecule has 0 aliphatic heterocycles. The van der Waals surface area contributed by atoms with Crippen molar-refractivity contribution in [2.75, 3.05) is 42.7 Å². The summed E-state index contributed by atoms with van der Waals surface area (Å²) in [7, 11) is 11.8. The van der Waals surface area contributed by atoms with Crippen molar-refractivity contribution in [2.24, 2.45) is 7.05 Å². The minimum atomic E-state index is 0. The molecule has 0 aliphatic carbocycles. The monoisotopic (exact) mass is 655 g/mol. The first kappa shape index (κ1) is 30.6. The van der Waals surface area contributed by atoms with Crippen molar-refractivity contribution in [1.82, 2.24) is 0 Å². The van der Waals surface area contributed by atoms with Crippen molar-refractivity contribution >= 4 is 35.2 Å². The van der Waals surface area contributed by atoms with E-state index in [1.54, 1.807) is 42.7 Å². The molecule has 0 saturated carbocycles. The molecule has 0 fully saturated rings. The normalized spacial score (nSPS) is 11.0. The van der Waals surface area contributed by atoms with Gasteiger partial charge in [-0.3, -0.25) is 0 Å². The molecule has 0 radical (unpaired) electrons. The fraction of sp³-hybridized carbons (Fsp3) is 0.219. The van der Waals surface area contributed by atoms with Gasteiger partial charge in [0.2, 0.25) is 11.2 Å². The van der Waals surface area contributed by atoms with Gasteiger partial charge in [0.05, 0.1) is 59.2 Å². The van der Waals surface area contributed by atoms with Gasteiger partial charge in [-0.1, -0.05) is 18.2 Å². The number of pyridine rings is 1. The number of hydrogen-bond donors (Lipinski definition) is 0. The molecule has 0 aliphatic rings. The van der Waals surface area contributed by atoms with Crippen LogP contribution in [0, 0.1) is 0 Å². The minimum absolute atomic E-state index is 0. The molecule has 7 nitrogen and oxygen atoms in total. The Kier molecular flexibility index (Phi) is 10.7. The molecule has 8 heteroatoms. The number of ether oxygens (including phenoxy) is 6. The quantitative estimate of drug-likeness (QED) is 0.194. The van der Waals surface area contributed by atoms with E-state index in [0.717, 1.165) is 33.3 Å². The highest BCUT2D eigenvalue weighted by atomic mass is 127. The third kappa shape index (κ3) is 6.28. The van der Waals surface area contributed by atoms with Gasteiger partial charge < -0.3 is 52.4 Å². The summed E-state index contributed by atoms with van der Waals surface area (Å²) in [6.07, 6.45) is 8.11. The number of aryl methyl sites for hydroxylation is 1. The predicted molar refractivity (Wildman–Crippen MR) is 155 cm³/mol. The Morgan fingerprint density at radius 2 is 1.00 bits per heavy atom. The summed E-state index contributed by atoms with van der Waals surface area (Å²) in [4.78, 5) is 0. The van der Waals surface area contributed by atoms with Crippen LogP contribution >= 0.6 is 0 Å². The second kappa shape index (κ2) is 13.9. The van der Waals surface area contributed by atoms with Gasteiger partial charge in [0, 0.05) is 42.5 Å². The molecule has 210 valence electrons. The first-order valence-corrected chi connectivity index (χ1v) is 12.4. The molecule has 0 atom stereocenters. The fourth-order valence-corrected chi connectivity index (χ4v) is 4.52. The molecule has 1 aromatic heterocycles. The van der Waals surface area contributed by atoms with Crippen molar-refractivity contribution in [3.63, 3.8) is 0 Å². The van der Waals surface area contributed by atoms with Gasteiger partial charge >= 0.3 is 0 Å². The standard InChI is InChI=1S/C32H34NO6.HI/c1-33-22(13-15-27-31(38-6)19-24(35-3)20-32(27)39-7)16-21(25-10-8-9-11-28(25)33)12-14-26-29(36-4)17-23(34-2)18-30(26)37-5;/h8-20H,1-7H3;1H/q+1;/p-1/b14-12+,15-13+;. The minimum Gasteiger partial charge on any atom is -1.00 e. The lowest BCUT2D eigenvalue weighted by molar-refractivity contribution is -0.646. The highest BCUT2D eigenvalue weighted by molar-refractivity contribution is 5.91. The number of benzene rings is 3. The lowest BCUT2D eigenvalue weighted by Gasteiger charge is -2.13. The second-order valence-corrected chi connectivity index (χ2v) is 8.66. The number of hydrogen-bond acceptors (Lipinski definition) is 6. The van der Waals surface area contributed by atoms with Crippen LogP contribution in [0.5, 0.6) is 34.5 Å². The summed E-state index contributed by atoms with van der Waals surface area (Å²) in [5.41, 5.74) is 4.75. The van der Waals surface area contributed by atoms with E-state index in [0.29, 0.717) is 34.5 Å². The number of halogens is 1. The maximum absolute atomic E-state index is 5.64. The molecule has 0 unspecified atom stereocenters. The van der Waals surface area contributed by atoms with Crippen LogP contribution in [0.25, 0.3) is 35.2 Å². The molecule has 0 spiro atoms. The summed E-state index contributed by atoms with van der Waals surface area (Å²) >= 11 is 0. The van der Waals surface area contributed by atoms with E-state index >= 15 is 0 Å². The molecule has 4 rings (SSSR count). The molecule has 0 bridgehead atoms. The first-order chi connectivity index (χ1) is 19.0. The number of para-hydroxylation sites is 1. The van der Waals surface area contributed by atoms with E-state index in [9.17, 15) is 0 Å². The number of aromatic nitrogens is 1. The average Bonchev–Trinajstić information content (AvgIpc) is 2.99. The van der Waals surface area contributed by atoms with E-state index in [-0.39, 0.29) is 24.0 Å². The van der Waals surface area contributed by atoms with Crippen molar-refractivity contribution in [3.05, 3.63) is 77.0 Å². The van der Waals surface area contributed by atoms with Crippen LogP contribution in [0.15, 0.2) is 54.6 Å². The van der Waals surface area contributed by atoms with E-state index in [2.05, 4.69) is 28.8 Å². The summed E-state index contributed by atoms with van der Waals surface area (Å²) in [6.45, 7) is 0. The number of rotatable bonds is 10. The Morgan fingerprint density at radius 1 is 0.550 bits per heavy atom. The maximum atomic E-state index is 5.64. The Balaban J connectivity index is 0.00000441. The van der Waals surface area contributed by atoms with Crippen LogP contribution in [0.1, 0.15) is 22.4 Å². The van der Waals surface area contributed by atoms with Gasteiger partial charge in [-0.05, 0) is 23.8 Å². The van der Waals surface area contributed by atoms with Gasteiger partial charge in [0.1, 0.15) is 41.5 Å². The van der Waals surface area contributed by atoms with E-state index < -0.39 is 0 Å². The van der Waals surface area contributed by atoms with Gasteiger partial charge in [-0.15, -0.1) is 0 Å². The molecule has 0 saturated heterocycles. The molecule has 1 heterocycles. The van der Waals surface area contributed by atoms with Gasteiger partial charge in [0.15, 0.2) is 0 Å². The molecule has 3 aromatic carbocycles. The van der Waals surface area contributed by atoms with Gasteiger partial charge in [-0.25, -0.2) is 0 Å². The summed E-state index contributed by atoms with van der Waals surface area (Å²) in [5.74, 6) is 3.96. The van der Waals surface area contributed by atoms with Crippen LogP contribution in [0.4, 0.5) is 0 Å². The summed E-state index contributed by atoms with van der Waals surface area (Å²) in [5, 5.41) is 1.11. The van der Waals surface area contributed by atoms with E-state index in [1.165, 1.54) is 0 Å². The molecular formula is C32H34INO6. The van der Waals surface area contributed by atoms with Crippen molar-refractivity contribution in [2.45, 2.75) is 0 Å². The van der Waals surface area contributed by atoms with E-state index in [4.69, 9.17) is 28.4 Å². The predicted octanol–water partition coefficient (Wildman–Crippen LogP) is 3.06. The Bertz CT molecular complexity index is 1500. The molecule has 4 aromatic rings. The largest absolute Gasteiger partial charge is 1.00 e.